The molecule has 8 heteroatoms. The molecule has 1 aromatic carbocycles. The Morgan fingerprint density at radius 2 is 1.82 bits per heavy atom. The van der Waals surface area contributed by atoms with Crippen LogP contribution < -0.4 is 15.5 Å². The van der Waals surface area contributed by atoms with Crippen molar-refractivity contribution in [3.63, 3.8) is 0 Å². The first-order valence-corrected chi connectivity index (χ1v) is 14.7. The molecule has 2 aliphatic heterocycles. The topological polar surface area (TPSA) is 87.1 Å². The summed E-state index contributed by atoms with van der Waals surface area (Å²) in [6.45, 7) is 15.0. The second-order valence-electron chi connectivity index (χ2n) is 11.4. The van der Waals surface area contributed by atoms with Gasteiger partial charge in [0, 0.05) is 61.1 Å². The summed E-state index contributed by atoms with van der Waals surface area (Å²) in [5.74, 6) is 1.25. The average Bonchev–Trinajstić information content (AvgIpc) is 3.36. The second-order valence-corrected chi connectivity index (χ2v) is 11.4. The Hall–Kier alpha value is -3.10. The number of piperidine rings is 1. The summed E-state index contributed by atoms with van der Waals surface area (Å²) in [6, 6.07) is 4.64. The molecule has 2 saturated heterocycles. The Bertz CT molecular complexity index is 1260. The van der Waals surface area contributed by atoms with E-state index in [0.717, 1.165) is 103 Å². The number of amides is 2. The van der Waals surface area contributed by atoms with E-state index in [1.54, 1.807) is 0 Å². The highest BCUT2D eigenvalue weighted by Crippen LogP contribution is 2.38. The quantitative estimate of drug-likeness (QED) is 0.310. The maximum atomic E-state index is 13.9. The summed E-state index contributed by atoms with van der Waals surface area (Å²) >= 11 is 0. The molecule has 0 aliphatic carbocycles. The fourth-order valence-electron chi connectivity index (χ4n) is 6.02. The first-order valence-electron chi connectivity index (χ1n) is 14.7. The molecule has 2 aliphatic rings. The number of nitrogens with zero attached hydrogens (tertiary/aromatic N) is 2. The van der Waals surface area contributed by atoms with Gasteiger partial charge in [-0.15, -0.1) is 0 Å². The molecule has 2 aromatic rings. The fraction of sp³-hybridized carbons (Fsp3) is 0.562. The van der Waals surface area contributed by atoms with Crippen molar-refractivity contribution in [2.24, 2.45) is 0 Å². The van der Waals surface area contributed by atoms with Crippen LogP contribution in [0.1, 0.15) is 81.0 Å². The Morgan fingerprint density at radius 3 is 2.48 bits per heavy atom. The van der Waals surface area contributed by atoms with Gasteiger partial charge < -0.3 is 29.6 Å². The number of anilines is 1. The zero-order chi connectivity index (χ0) is 28.8. The molecule has 4 rings (SSSR count). The van der Waals surface area contributed by atoms with Crippen molar-refractivity contribution in [1.82, 2.24) is 15.5 Å². The summed E-state index contributed by atoms with van der Waals surface area (Å²) in [6.07, 6.45) is 6.64. The van der Waals surface area contributed by atoms with E-state index in [1.165, 1.54) is 0 Å². The van der Waals surface area contributed by atoms with Crippen molar-refractivity contribution in [3.8, 4) is 0 Å². The molecular formula is C32H46N4O4. The zero-order valence-electron chi connectivity index (χ0n) is 25.1. The highest BCUT2D eigenvalue weighted by Gasteiger charge is 2.28. The van der Waals surface area contributed by atoms with E-state index >= 15 is 0 Å². The lowest BCUT2D eigenvalue weighted by Gasteiger charge is -2.36. The second kappa shape index (κ2) is 13.5. The lowest BCUT2D eigenvalue weighted by atomic mass is 9.93. The van der Waals surface area contributed by atoms with E-state index in [-0.39, 0.29) is 5.91 Å². The van der Waals surface area contributed by atoms with Gasteiger partial charge >= 0.3 is 0 Å². The molecular weight excluding hydrogens is 504 g/mol. The van der Waals surface area contributed by atoms with Gasteiger partial charge in [-0.05, 0) is 104 Å². The van der Waals surface area contributed by atoms with E-state index in [9.17, 15) is 9.59 Å². The number of fused-ring (bicyclic) bond motifs is 1. The van der Waals surface area contributed by atoms with Crippen molar-refractivity contribution in [1.29, 1.82) is 0 Å². The lowest BCUT2D eigenvalue weighted by molar-refractivity contribution is -0.108. The number of furan rings is 1. The summed E-state index contributed by atoms with van der Waals surface area (Å²) in [5, 5.41) is 6.73. The van der Waals surface area contributed by atoms with Crippen molar-refractivity contribution >= 4 is 29.0 Å². The third kappa shape index (κ3) is 6.78. The first kappa shape index (κ1) is 29.9. The zero-order valence-corrected chi connectivity index (χ0v) is 25.1. The standard InChI is InChI=1S/C32H46N4O4/c1-7-36(26-10-14-39-15-11-26)28-18-30-27(17-29(40-30)25-8-12-35(6)13-9-25)31(24(28)5)32(38)33-19-22(3)21(2)16-23(4)34-20-37/h16-18,20,25-26H,7-15,19H2,1-6H3,(H,33,38)(H,34,37)/b22-21+,23-16-. The molecule has 0 unspecified atom stereocenters. The van der Waals surface area contributed by atoms with Crippen LogP contribution in [0, 0.1) is 6.92 Å². The number of hydrogen-bond donors (Lipinski definition) is 2. The molecule has 0 bridgehead atoms. The van der Waals surface area contributed by atoms with Gasteiger partial charge in [0.15, 0.2) is 0 Å². The molecule has 8 nitrogen and oxygen atoms in total. The number of nitrogens with one attached hydrogen (secondary N) is 2. The predicted molar refractivity (Wildman–Crippen MR) is 161 cm³/mol. The van der Waals surface area contributed by atoms with E-state index < -0.39 is 0 Å². The molecule has 0 atom stereocenters. The smallest absolute Gasteiger partial charge is 0.252 e. The molecule has 2 amide bonds. The van der Waals surface area contributed by atoms with Crippen molar-refractivity contribution < 1.29 is 18.7 Å². The third-order valence-corrected chi connectivity index (χ3v) is 8.61. The highest BCUT2D eigenvalue weighted by atomic mass is 16.5. The fourth-order valence-corrected chi connectivity index (χ4v) is 6.02. The monoisotopic (exact) mass is 550 g/mol. The molecule has 218 valence electrons. The van der Waals surface area contributed by atoms with Crippen LogP contribution in [0.4, 0.5) is 5.69 Å². The number of ether oxygens (including phenoxy) is 1. The van der Waals surface area contributed by atoms with Crippen LogP contribution in [0.5, 0.6) is 0 Å². The van der Waals surface area contributed by atoms with E-state index in [2.05, 4.69) is 53.5 Å². The van der Waals surface area contributed by atoms with E-state index in [0.29, 0.717) is 30.5 Å². The van der Waals surface area contributed by atoms with Gasteiger partial charge in [0.2, 0.25) is 6.41 Å². The normalized spacial score (nSPS) is 18.5. The maximum Gasteiger partial charge on any atom is 0.252 e. The summed E-state index contributed by atoms with van der Waals surface area (Å²) in [4.78, 5) is 29.4. The van der Waals surface area contributed by atoms with E-state index in [4.69, 9.17) is 9.15 Å². The largest absolute Gasteiger partial charge is 0.461 e. The van der Waals surface area contributed by atoms with Gasteiger partial charge in [-0.25, -0.2) is 0 Å². The van der Waals surface area contributed by atoms with Crippen molar-refractivity contribution in [2.75, 3.05) is 51.3 Å². The number of hydrogen-bond acceptors (Lipinski definition) is 6. The molecule has 0 radical (unpaired) electrons. The maximum absolute atomic E-state index is 13.9. The van der Waals surface area contributed by atoms with Crippen LogP contribution in [0.25, 0.3) is 11.0 Å². The van der Waals surface area contributed by atoms with Gasteiger partial charge in [0.25, 0.3) is 5.91 Å². The van der Waals surface area contributed by atoms with E-state index in [1.807, 2.05) is 26.8 Å². The van der Waals surface area contributed by atoms with Gasteiger partial charge in [-0.2, -0.15) is 0 Å². The van der Waals surface area contributed by atoms with Crippen molar-refractivity contribution in [3.05, 3.63) is 51.9 Å². The number of carbonyl (C=O) groups is 2. The Morgan fingerprint density at radius 1 is 1.12 bits per heavy atom. The molecule has 0 spiro atoms. The third-order valence-electron chi connectivity index (χ3n) is 8.61. The van der Waals surface area contributed by atoms with Crippen LogP contribution in [0.3, 0.4) is 0 Å². The minimum Gasteiger partial charge on any atom is -0.461 e. The molecule has 2 N–H and O–H groups in total. The highest BCUT2D eigenvalue weighted by molar-refractivity contribution is 6.09. The lowest BCUT2D eigenvalue weighted by Crippen LogP contribution is -2.40. The van der Waals surface area contributed by atoms with Crippen LogP contribution in [-0.4, -0.2) is 69.7 Å². The minimum absolute atomic E-state index is 0.0954. The van der Waals surface area contributed by atoms with Gasteiger partial charge in [-0.1, -0.05) is 5.57 Å². The Balaban J connectivity index is 1.71. The summed E-state index contributed by atoms with van der Waals surface area (Å²) in [7, 11) is 2.16. The van der Waals surface area contributed by atoms with Crippen LogP contribution in [0.15, 0.2) is 39.5 Å². The number of allylic oxidation sites excluding steroid dienone is 3. The SMILES string of the molecule is CCN(c1cc2oc(C3CCN(C)CC3)cc2c(C(=O)NC/C(C)=C(C)/C=C(/C)NC=O)c1C)C1CCOCC1. The number of likely N-dealkylation sites (tertiary alicyclic amines) is 1. The van der Waals surface area contributed by atoms with Crippen LogP contribution in [-0.2, 0) is 9.53 Å². The van der Waals surface area contributed by atoms with Crippen LogP contribution >= 0.6 is 0 Å². The molecule has 0 saturated carbocycles. The molecule has 40 heavy (non-hydrogen) atoms. The average molecular weight is 551 g/mol. The number of benzene rings is 1. The Labute approximate surface area is 238 Å². The number of rotatable bonds is 10. The number of carbonyl (C=O) groups excluding carboxylic acids is 2. The van der Waals surface area contributed by atoms with Crippen LogP contribution in [0.2, 0.25) is 0 Å². The predicted octanol–water partition coefficient (Wildman–Crippen LogP) is 5.27. The molecule has 2 fully saturated rings. The van der Waals surface area contributed by atoms with Gasteiger partial charge in [-0.3, -0.25) is 9.59 Å². The van der Waals surface area contributed by atoms with Gasteiger partial charge in [0.05, 0.1) is 5.56 Å². The molecule has 3 heterocycles. The Kier molecular flexibility index (Phi) is 10.1. The van der Waals surface area contributed by atoms with Gasteiger partial charge in [0.1, 0.15) is 11.3 Å². The summed E-state index contributed by atoms with van der Waals surface area (Å²) in [5.41, 5.74) is 6.33. The molecule has 1 aromatic heterocycles. The summed E-state index contributed by atoms with van der Waals surface area (Å²) < 4.78 is 12.2. The van der Waals surface area contributed by atoms with Crippen molar-refractivity contribution in [2.45, 2.75) is 72.3 Å². The first-order chi connectivity index (χ1) is 19.2. The minimum atomic E-state index is -0.0954.